The van der Waals surface area contributed by atoms with Crippen LogP contribution in [-0.2, 0) is 9.59 Å². The third-order valence-corrected chi connectivity index (χ3v) is 4.40. The molecule has 5 heteroatoms. The molecule has 0 unspecified atom stereocenters. The van der Waals surface area contributed by atoms with Crippen LogP contribution < -0.4 is 15.0 Å². The molecule has 0 aliphatic heterocycles. The largest absolute Gasteiger partial charge is 0.455 e. The van der Waals surface area contributed by atoms with Crippen molar-refractivity contribution >= 4 is 23.2 Å². The SMILES string of the molecule is CC(=O)N(CCC(=O)Nc1ccc(C)cc1)c1ccccc1Oc1ccccc1. The normalized spacial score (nSPS) is 10.3. The Morgan fingerprint density at radius 3 is 2.24 bits per heavy atom. The summed E-state index contributed by atoms with van der Waals surface area (Å²) in [5.74, 6) is 0.937. The van der Waals surface area contributed by atoms with Gasteiger partial charge >= 0.3 is 0 Å². The van der Waals surface area contributed by atoms with E-state index >= 15 is 0 Å². The molecule has 0 radical (unpaired) electrons. The van der Waals surface area contributed by atoms with E-state index in [-0.39, 0.29) is 24.8 Å². The van der Waals surface area contributed by atoms with Crippen molar-refractivity contribution in [3.63, 3.8) is 0 Å². The molecule has 0 bridgehead atoms. The lowest BCUT2D eigenvalue weighted by molar-refractivity contribution is -0.117. The molecule has 0 aliphatic carbocycles. The molecule has 3 rings (SSSR count). The fraction of sp³-hybridized carbons (Fsp3) is 0.167. The summed E-state index contributed by atoms with van der Waals surface area (Å²) < 4.78 is 5.96. The first-order chi connectivity index (χ1) is 14.0. The Kier molecular flexibility index (Phi) is 6.63. The van der Waals surface area contributed by atoms with Gasteiger partial charge in [-0.25, -0.2) is 0 Å². The number of anilines is 2. The molecule has 0 aromatic heterocycles. The third-order valence-electron chi connectivity index (χ3n) is 4.40. The summed E-state index contributed by atoms with van der Waals surface area (Å²) in [6.07, 6.45) is 0.174. The number of hydrogen-bond acceptors (Lipinski definition) is 3. The maximum atomic E-state index is 12.4. The van der Waals surface area contributed by atoms with Crippen molar-refractivity contribution in [2.24, 2.45) is 0 Å². The zero-order chi connectivity index (χ0) is 20.6. The minimum atomic E-state index is -0.155. The molecule has 0 atom stereocenters. The molecule has 0 spiro atoms. The van der Waals surface area contributed by atoms with E-state index in [0.717, 1.165) is 11.3 Å². The van der Waals surface area contributed by atoms with E-state index in [1.54, 1.807) is 4.90 Å². The molecule has 0 saturated heterocycles. The Morgan fingerprint density at radius 1 is 0.897 bits per heavy atom. The molecule has 3 aromatic carbocycles. The summed E-state index contributed by atoms with van der Waals surface area (Å²) in [7, 11) is 0. The molecule has 5 nitrogen and oxygen atoms in total. The van der Waals surface area contributed by atoms with Gasteiger partial charge in [0.1, 0.15) is 5.75 Å². The maximum Gasteiger partial charge on any atom is 0.226 e. The number of nitrogens with zero attached hydrogens (tertiary/aromatic N) is 1. The Morgan fingerprint density at radius 2 is 1.55 bits per heavy atom. The molecule has 0 fully saturated rings. The molecule has 2 amide bonds. The van der Waals surface area contributed by atoms with Crippen molar-refractivity contribution in [2.75, 3.05) is 16.8 Å². The Bertz CT molecular complexity index is 969. The van der Waals surface area contributed by atoms with Crippen LogP contribution in [0, 0.1) is 6.92 Å². The fourth-order valence-electron chi connectivity index (χ4n) is 2.90. The summed E-state index contributed by atoms with van der Waals surface area (Å²) >= 11 is 0. The van der Waals surface area contributed by atoms with Crippen molar-refractivity contribution in [1.82, 2.24) is 0 Å². The molecule has 29 heavy (non-hydrogen) atoms. The van der Waals surface area contributed by atoms with Crippen molar-refractivity contribution in [3.05, 3.63) is 84.4 Å². The highest BCUT2D eigenvalue weighted by atomic mass is 16.5. The lowest BCUT2D eigenvalue weighted by Gasteiger charge is -2.23. The summed E-state index contributed by atoms with van der Waals surface area (Å²) in [4.78, 5) is 26.2. The van der Waals surface area contributed by atoms with Gasteiger partial charge in [0.25, 0.3) is 0 Å². The quantitative estimate of drug-likeness (QED) is 0.607. The molecular formula is C24H24N2O3. The highest BCUT2D eigenvalue weighted by Gasteiger charge is 2.18. The van der Waals surface area contributed by atoms with Crippen LogP contribution in [-0.4, -0.2) is 18.4 Å². The molecule has 0 aliphatic rings. The van der Waals surface area contributed by atoms with Crippen molar-refractivity contribution in [2.45, 2.75) is 20.3 Å². The first-order valence-electron chi connectivity index (χ1n) is 9.49. The van der Waals surface area contributed by atoms with Crippen LogP contribution >= 0.6 is 0 Å². The summed E-state index contributed by atoms with van der Waals surface area (Å²) in [5, 5.41) is 2.86. The Balaban J connectivity index is 1.70. The number of nitrogens with one attached hydrogen (secondary N) is 1. The molecule has 0 saturated carbocycles. The highest BCUT2D eigenvalue weighted by Crippen LogP contribution is 2.32. The molecule has 3 aromatic rings. The summed E-state index contributed by atoms with van der Waals surface area (Å²) in [5.41, 5.74) is 2.50. The van der Waals surface area contributed by atoms with E-state index < -0.39 is 0 Å². The number of benzene rings is 3. The van der Waals surface area contributed by atoms with Crippen LogP contribution in [0.15, 0.2) is 78.9 Å². The number of hydrogen-bond donors (Lipinski definition) is 1. The number of para-hydroxylation sites is 3. The minimum Gasteiger partial charge on any atom is -0.455 e. The second-order valence-electron chi connectivity index (χ2n) is 6.72. The topological polar surface area (TPSA) is 58.6 Å². The molecule has 1 N–H and O–H groups in total. The smallest absolute Gasteiger partial charge is 0.226 e. The van der Waals surface area contributed by atoms with E-state index in [1.165, 1.54) is 6.92 Å². The van der Waals surface area contributed by atoms with E-state index in [0.29, 0.717) is 17.2 Å². The number of aryl methyl sites for hydroxylation is 1. The van der Waals surface area contributed by atoms with E-state index in [2.05, 4.69) is 5.32 Å². The van der Waals surface area contributed by atoms with Gasteiger partial charge in [-0.1, -0.05) is 48.0 Å². The van der Waals surface area contributed by atoms with Gasteiger partial charge in [-0.3, -0.25) is 9.59 Å². The van der Waals surface area contributed by atoms with Gasteiger partial charge in [-0.2, -0.15) is 0 Å². The van der Waals surface area contributed by atoms with Crippen LogP contribution in [0.25, 0.3) is 0 Å². The van der Waals surface area contributed by atoms with E-state index in [4.69, 9.17) is 4.74 Å². The van der Waals surface area contributed by atoms with Gasteiger partial charge in [0.2, 0.25) is 11.8 Å². The third kappa shape index (κ3) is 5.69. The fourth-order valence-corrected chi connectivity index (χ4v) is 2.90. The van der Waals surface area contributed by atoms with Crippen LogP contribution in [0.3, 0.4) is 0 Å². The van der Waals surface area contributed by atoms with Gasteiger partial charge in [-0.15, -0.1) is 0 Å². The molecule has 148 valence electrons. The first kappa shape index (κ1) is 20.1. The highest BCUT2D eigenvalue weighted by molar-refractivity contribution is 5.95. The minimum absolute atomic E-state index is 0.151. The number of ether oxygens (including phenoxy) is 1. The van der Waals surface area contributed by atoms with Gasteiger partial charge < -0.3 is 15.0 Å². The predicted molar refractivity (Wildman–Crippen MR) is 115 cm³/mol. The Hall–Kier alpha value is -3.60. The first-order valence-corrected chi connectivity index (χ1v) is 9.49. The molecule has 0 heterocycles. The second kappa shape index (κ2) is 9.55. The van der Waals surface area contributed by atoms with Gasteiger partial charge in [0.15, 0.2) is 5.75 Å². The number of carbonyl (C=O) groups is 2. The average Bonchev–Trinajstić information content (AvgIpc) is 2.71. The van der Waals surface area contributed by atoms with Crippen molar-refractivity contribution < 1.29 is 14.3 Å². The average molecular weight is 388 g/mol. The monoisotopic (exact) mass is 388 g/mol. The lowest BCUT2D eigenvalue weighted by Crippen LogP contribution is -2.32. The van der Waals surface area contributed by atoms with Crippen LogP contribution in [0.4, 0.5) is 11.4 Å². The Labute approximate surface area is 170 Å². The van der Waals surface area contributed by atoms with E-state index in [9.17, 15) is 9.59 Å². The predicted octanol–water partition coefficient (Wildman–Crippen LogP) is 5.17. The van der Waals surface area contributed by atoms with Gasteiger partial charge in [0.05, 0.1) is 5.69 Å². The lowest BCUT2D eigenvalue weighted by atomic mass is 10.2. The second-order valence-corrected chi connectivity index (χ2v) is 6.72. The van der Waals surface area contributed by atoms with Crippen LogP contribution in [0.1, 0.15) is 18.9 Å². The molecular weight excluding hydrogens is 364 g/mol. The zero-order valence-corrected chi connectivity index (χ0v) is 16.6. The number of amides is 2. The summed E-state index contributed by atoms with van der Waals surface area (Å²) in [6, 6.07) is 24.3. The number of carbonyl (C=O) groups excluding carboxylic acids is 2. The van der Waals surface area contributed by atoms with Crippen molar-refractivity contribution in [1.29, 1.82) is 0 Å². The number of rotatable bonds is 7. The van der Waals surface area contributed by atoms with Crippen molar-refractivity contribution in [3.8, 4) is 11.5 Å². The summed E-state index contributed by atoms with van der Waals surface area (Å²) in [6.45, 7) is 3.73. The maximum absolute atomic E-state index is 12.4. The van der Waals surface area contributed by atoms with Crippen LogP contribution in [0.2, 0.25) is 0 Å². The van der Waals surface area contributed by atoms with E-state index in [1.807, 2.05) is 85.8 Å². The van der Waals surface area contributed by atoms with Crippen LogP contribution in [0.5, 0.6) is 11.5 Å². The standard InChI is InChI=1S/C24H24N2O3/c1-18-12-14-20(15-13-18)25-24(28)16-17-26(19(2)27)22-10-6-7-11-23(22)29-21-8-4-3-5-9-21/h3-15H,16-17H2,1-2H3,(H,25,28). The van der Waals surface area contributed by atoms with Gasteiger partial charge in [-0.05, 0) is 43.3 Å². The van der Waals surface area contributed by atoms with Gasteiger partial charge in [0, 0.05) is 25.6 Å². The zero-order valence-electron chi connectivity index (χ0n) is 16.6.